The maximum Gasteiger partial charge on any atom is 0.254 e. The number of nitrogens with zero attached hydrogens (tertiary/aromatic N) is 1. The summed E-state index contributed by atoms with van der Waals surface area (Å²) in [7, 11) is 3.09. The SMILES string of the molecule is CCOC(CCNC(=O)[C@H]1c2cc(OC)c(OC)cc2C(=O)N2CCc3ccccc3[C@@H]12)OCC. The highest BCUT2D eigenvalue weighted by Crippen LogP contribution is 2.48. The van der Waals surface area contributed by atoms with E-state index in [-0.39, 0.29) is 18.1 Å². The zero-order valence-electron chi connectivity index (χ0n) is 20.8. The maximum absolute atomic E-state index is 13.8. The molecule has 0 bridgehead atoms. The van der Waals surface area contributed by atoms with Gasteiger partial charge in [0.1, 0.15) is 0 Å². The van der Waals surface area contributed by atoms with E-state index in [0.29, 0.717) is 55.4 Å². The van der Waals surface area contributed by atoms with Gasteiger partial charge in [0.25, 0.3) is 5.91 Å². The van der Waals surface area contributed by atoms with Gasteiger partial charge in [-0.15, -0.1) is 0 Å². The van der Waals surface area contributed by atoms with Crippen molar-refractivity contribution in [3.8, 4) is 11.5 Å². The number of benzene rings is 2. The van der Waals surface area contributed by atoms with Crippen LogP contribution in [0.4, 0.5) is 0 Å². The fraction of sp³-hybridized carbons (Fsp3) is 0.481. The maximum atomic E-state index is 13.8. The largest absolute Gasteiger partial charge is 0.493 e. The molecule has 4 rings (SSSR count). The molecule has 2 amide bonds. The van der Waals surface area contributed by atoms with E-state index in [1.54, 1.807) is 19.2 Å². The van der Waals surface area contributed by atoms with Crippen molar-refractivity contribution < 1.29 is 28.5 Å². The zero-order chi connectivity index (χ0) is 24.9. The summed E-state index contributed by atoms with van der Waals surface area (Å²) in [6.07, 6.45) is 0.907. The van der Waals surface area contributed by atoms with Gasteiger partial charge in [0.2, 0.25) is 5.91 Å². The summed E-state index contributed by atoms with van der Waals surface area (Å²) < 4.78 is 22.2. The van der Waals surface area contributed by atoms with Gasteiger partial charge in [0.15, 0.2) is 17.8 Å². The van der Waals surface area contributed by atoms with Crippen LogP contribution in [0.25, 0.3) is 0 Å². The number of rotatable bonds is 10. The normalized spacial score (nSPS) is 18.5. The van der Waals surface area contributed by atoms with Crippen molar-refractivity contribution in [1.82, 2.24) is 10.2 Å². The molecule has 188 valence electrons. The summed E-state index contributed by atoms with van der Waals surface area (Å²) in [6.45, 7) is 5.84. The Hall–Kier alpha value is -3.10. The Balaban J connectivity index is 1.71. The standard InChI is InChI=1S/C27H34N2O6/c1-5-34-23(35-6-2)11-13-28-26(30)24-19-15-21(32-3)22(33-4)16-20(19)27(31)29-14-12-17-9-7-8-10-18(17)25(24)29/h7-10,15-16,23-25H,5-6,11-14H2,1-4H3,(H,28,30)/t24-,25-/m0/s1. The highest BCUT2D eigenvalue weighted by molar-refractivity contribution is 6.02. The summed E-state index contributed by atoms with van der Waals surface area (Å²) in [5, 5.41) is 3.08. The van der Waals surface area contributed by atoms with Crippen LogP contribution in [0.2, 0.25) is 0 Å². The molecular formula is C27H34N2O6. The van der Waals surface area contributed by atoms with Crippen LogP contribution in [-0.2, 0) is 20.7 Å². The Kier molecular flexibility index (Phi) is 7.93. The van der Waals surface area contributed by atoms with Crippen molar-refractivity contribution in [3.63, 3.8) is 0 Å². The molecule has 2 atom stereocenters. The second-order valence-electron chi connectivity index (χ2n) is 8.58. The van der Waals surface area contributed by atoms with Gasteiger partial charge in [0.05, 0.1) is 26.2 Å². The fourth-order valence-electron chi connectivity index (χ4n) is 5.14. The lowest BCUT2D eigenvalue weighted by Gasteiger charge is -2.45. The zero-order valence-corrected chi connectivity index (χ0v) is 20.8. The molecule has 8 heteroatoms. The molecule has 0 saturated heterocycles. The number of fused-ring (bicyclic) bond motifs is 4. The van der Waals surface area contributed by atoms with Crippen LogP contribution < -0.4 is 14.8 Å². The molecule has 2 aliphatic heterocycles. The van der Waals surface area contributed by atoms with Crippen molar-refractivity contribution in [3.05, 3.63) is 58.7 Å². The van der Waals surface area contributed by atoms with E-state index in [1.165, 1.54) is 7.11 Å². The molecule has 0 aromatic heterocycles. The van der Waals surface area contributed by atoms with Crippen molar-refractivity contribution in [1.29, 1.82) is 0 Å². The lowest BCUT2D eigenvalue weighted by Crippen LogP contribution is -2.50. The second kappa shape index (κ2) is 11.1. The number of hydrogen-bond donors (Lipinski definition) is 1. The number of methoxy groups -OCH3 is 2. The molecule has 0 spiro atoms. The van der Waals surface area contributed by atoms with Gasteiger partial charge in [-0.25, -0.2) is 0 Å². The number of amides is 2. The summed E-state index contributed by atoms with van der Waals surface area (Å²) in [4.78, 5) is 29.2. The average Bonchev–Trinajstić information content (AvgIpc) is 2.88. The summed E-state index contributed by atoms with van der Waals surface area (Å²) >= 11 is 0. The quantitative estimate of drug-likeness (QED) is 0.522. The molecule has 35 heavy (non-hydrogen) atoms. The third-order valence-corrected chi connectivity index (χ3v) is 6.70. The number of carbonyl (C=O) groups excluding carboxylic acids is 2. The van der Waals surface area contributed by atoms with Gasteiger partial charge in [-0.2, -0.15) is 0 Å². The number of ether oxygens (including phenoxy) is 4. The Morgan fingerprint density at radius 3 is 2.43 bits per heavy atom. The molecule has 2 heterocycles. The Morgan fingerprint density at radius 1 is 1.06 bits per heavy atom. The molecule has 8 nitrogen and oxygen atoms in total. The average molecular weight is 483 g/mol. The summed E-state index contributed by atoms with van der Waals surface area (Å²) in [5.41, 5.74) is 3.29. The molecule has 0 aliphatic carbocycles. The number of nitrogens with one attached hydrogen (secondary N) is 1. The molecule has 2 aromatic carbocycles. The van der Waals surface area contributed by atoms with Crippen molar-refractivity contribution in [2.75, 3.05) is 40.5 Å². The first-order valence-corrected chi connectivity index (χ1v) is 12.2. The first kappa shape index (κ1) is 25.0. The molecule has 0 radical (unpaired) electrons. The molecular weight excluding hydrogens is 448 g/mol. The van der Waals surface area contributed by atoms with Crippen molar-refractivity contribution >= 4 is 11.8 Å². The predicted octanol–water partition coefficient (Wildman–Crippen LogP) is 3.45. The van der Waals surface area contributed by atoms with E-state index in [4.69, 9.17) is 18.9 Å². The van der Waals surface area contributed by atoms with Crippen LogP contribution in [0.5, 0.6) is 11.5 Å². The van der Waals surface area contributed by atoms with Crippen LogP contribution in [0.15, 0.2) is 36.4 Å². The highest BCUT2D eigenvalue weighted by atomic mass is 16.7. The minimum Gasteiger partial charge on any atom is -0.493 e. The monoisotopic (exact) mass is 482 g/mol. The third kappa shape index (κ3) is 4.86. The van der Waals surface area contributed by atoms with Gasteiger partial charge in [-0.05, 0) is 49.1 Å². The highest BCUT2D eigenvalue weighted by Gasteiger charge is 2.46. The third-order valence-electron chi connectivity index (χ3n) is 6.70. The number of carbonyl (C=O) groups is 2. The minimum absolute atomic E-state index is 0.0998. The van der Waals surface area contributed by atoms with Crippen molar-refractivity contribution in [2.24, 2.45) is 0 Å². The molecule has 2 aliphatic rings. The summed E-state index contributed by atoms with van der Waals surface area (Å²) in [6, 6.07) is 11.1. The van der Waals surface area contributed by atoms with Gasteiger partial charge in [-0.1, -0.05) is 24.3 Å². The van der Waals surface area contributed by atoms with E-state index in [9.17, 15) is 9.59 Å². The number of hydrogen-bond acceptors (Lipinski definition) is 6. The molecule has 2 aromatic rings. The second-order valence-corrected chi connectivity index (χ2v) is 8.58. The smallest absolute Gasteiger partial charge is 0.254 e. The van der Waals surface area contributed by atoms with Crippen LogP contribution in [0.3, 0.4) is 0 Å². The Bertz CT molecular complexity index is 1070. The summed E-state index contributed by atoms with van der Waals surface area (Å²) in [5.74, 6) is 0.108. The van der Waals surface area contributed by atoms with Gasteiger partial charge >= 0.3 is 0 Å². The fourth-order valence-corrected chi connectivity index (χ4v) is 5.14. The van der Waals surface area contributed by atoms with Gasteiger partial charge in [-0.3, -0.25) is 9.59 Å². The Morgan fingerprint density at radius 2 is 1.74 bits per heavy atom. The van der Waals surface area contributed by atoms with Crippen LogP contribution >= 0.6 is 0 Å². The van der Waals surface area contributed by atoms with Crippen LogP contribution in [0.1, 0.15) is 59.3 Å². The Labute approximate surface area is 206 Å². The van der Waals surface area contributed by atoms with E-state index in [1.807, 2.05) is 36.9 Å². The topological polar surface area (TPSA) is 86.3 Å². The van der Waals surface area contributed by atoms with Gasteiger partial charge < -0.3 is 29.2 Å². The van der Waals surface area contributed by atoms with E-state index < -0.39 is 12.0 Å². The van der Waals surface area contributed by atoms with E-state index in [0.717, 1.165) is 17.5 Å². The molecule has 0 unspecified atom stereocenters. The van der Waals surface area contributed by atoms with Crippen LogP contribution in [-0.4, -0.2) is 63.5 Å². The lowest BCUT2D eigenvalue weighted by atomic mass is 9.75. The minimum atomic E-state index is -0.596. The van der Waals surface area contributed by atoms with Gasteiger partial charge in [0, 0.05) is 38.3 Å². The van der Waals surface area contributed by atoms with Crippen molar-refractivity contribution in [2.45, 2.75) is 44.9 Å². The lowest BCUT2D eigenvalue weighted by molar-refractivity contribution is -0.140. The predicted molar refractivity (Wildman–Crippen MR) is 131 cm³/mol. The molecule has 1 N–H and O–H groups in total. The first-order chi connectivity index (χ1) is 17.0. The van der Waals surface area contributed by atoms with E-state index >= 15 is 0 Å². The van der Waals surface area contributed by atoms with Crippen LogP contribution in [0, 0.1) is 0 Å². The molecule has 0 saturated carbocycles. The molecule has 0 fully saturated rings. The van der Waals surface area contributed by atoms with E-state index in [2.05, 4.69) is 11.4 Å². The first-order valence-electron chi connectivity index (χ1n) is 12.2.